The van der Waals surface area contributed by atoms with Crippen LogP contribution in [0.15, 0.2) is 59.0 Å². The molecule has 2 aromatic carbocycles. The van der Waals surface area contributed by atoms with Gasteiger partial charge in [-0.25, -0.2) is 4.98 Å². The maximum Gasteiger partial charge on any atom is 0.394 e. The Morgan fingerprint density at radius 3 is 2.30 bits per heavy atom. The quantitative estimate of drug-likeness (QED) is 0.373. The topological polar surface area (TPSA) is 145 Å². The highest BCUT2D eigenvalue weighted by Gasteiger charge is 2.11. The van der Waals surface area contributed by atoms with E-state index >= 15 is 0 Å². The molecule has 0 aliphatic rings. The second kappa shape index (κ2) is 13.1. The first kappa shape index (κ1) is 26.5. The van der Waals surface area contributed by atoms with Crippen LogP contribution in [0.2, 0.25) is 0 Å². The highest BCUT2D eigenvalue weighted by atomic mass is 32.3. The summed E-state index contributed by atoms with van der Waals surface area (Å²) in [6, 6.07) is 18.0. The van der Waals surface area contributed by atoms with E-state index in [1.165, 1.54) is 5.56 Å². The first-order valence-corrected chi connectivity index (χ1v) is 11.8. The van der Waals surface area contributed by atoms with Gasteiger partial charge >= 0.3 is 10.4 Å². The lowest BCUT2D eigenvalue weighted by Gasteiger charge is -2.15. The predicted molar refractivity (Wildman–Crippen MR) is 125 cm³/mol. The molecular weight excluding hydrogens is 448 g/mol. The molecule has 1 atom stereocenters. The smallest absolute Gasteiger partial charge is 0.394 e. The molecule has 1 aromatic heterocycles. The van der Waals surface area contributed by atoms with Crippen molar-refractivity contribution in [1.82, 2.24) is 4.98 Å². The van der Waals surface area contributed by atoms with E-state index in [4.69, 9.17) is 37.1 Å². The summed E-state index contributed by atoms with van der Waals surface area (Å²) < 4.78 is 48.9. The number of aryl methyl sites for hydroxylation is 1. The Labute approximate surface area is 194 Å². The molecule has 180 valence electrons. The van der Waals surface area contributed by atoms with Crippen molar-refractivity contribution in [3.63, 3.8) is 0 Å². The Balaban J connectivity index is 0.000000696. The van der Waals surface area contributed by atoms with Gasteiger partial charge in [0.1, 0.15) is 11.5 Å². The second-order valence-corrected chi connectivity index (χ2v) is 7.99. The van der Waals surface area contributed by atoms with Crippen molar-refractivity contribution in [2.24, 2.45) is 5.73 Å². The lowest BCUT2D eigenvalue weighted by molar-refractivity contribution is 0.0694. The van der Waals surface area contributed by atoms with Crippen LogP contribution in [0.1, 0.15) is 23.9 Å². The van der Waals surface area contributed by atoms with Crippen molar-refractivity contribution in [2.45, 2.75) is 32.8 Å². The van der Waals surface area contributed by atoms with Crippen LogP contribution in [0.5, 0.6) is 5.75 Å². The number of rotatable bonds is 10. The Morgan fingerprint density at radius 2 is 1.73 bits per heavy atom. The molecule has 33 heavy (non-hydrogen) atoms. The normalized spacial score (nSPS) is 12.0. The number of benzene rings is 2. The zero-order valence-corrected chi connectivity index (χ0v) is 19.5. The monoisotopic (exact) mass is 478 g/mol. The summed E-state index contributed by atoms with van der Waals surface area (Å²) in [5.74, 6) is 2.33. The van der Waals surface area contributed by atoms with Crippen LogP contribution in [0.25, 0.3) is 11.5 Å². The summed E-state index contributed by atoms with van der Waals surface area (Å²) in [6.45, 7) is 5.67. The lowest BCUT2D eigenvalue weighted by Crippen LogP contribution is -2.26. The average Bonchev–Trinajstić information content (AvgIpc) is 3.14. The zero-order chi connectivity index (χ0) is 24.3. The summed E-state index contributed by atoms with van der Waals surface area (Å²) in [5.41, 5.74) is 8.85. The average molecular weight is 479 g/mol. The van der Waals surface area contributed by atoms with E-state index in [0.717, 1.165) is 29.2 Å². The number of ether oxygens (including phenoxy) is 2. The fraction of sp³-hybridized carbons (Fsp3) is 0.348. The summed E-state index contributed by atoms with van der Waals surface area (Å²) in [6.07, 6.45) is 1.57. The molecule has 3 rings (SSSR count). The molecule has 0 aliphatic carbocycles. The number of oxazole rings is 1. The number of hydrogen-bond donors (Lipinski definition) is 3. The highest BCUT2D eigenvalue weighted by molar-refractivity contribution is 7.79. The third-order valence-electron chi connectivity index (χ3n) is 4.57. The Kier molecular flexibility index (Phi) is 10.5. The molecule has 0 amide bonds. The predicted octanol–water partition coefficient (Wildman–Crippen LogP) is 3.53. The molecule has 10 heteroatoms. The minimum absolute atomic E-state index is 0.0609. The molecule has 3 aromatic rings. The van der Waals surface area contributed by atoms with Gasteiger partial charge in [0.15, 0.2) is 0 Å². The molecule has 1 heterocycles. The van der Waals surface area contributed by atoms with Gasteiger partial charge in [0.2, 0.25) is 5.89 Å². The third kappa shape index (κ3) is 10.1. The van der Waals surface area contributed by atoms with Crippen molar-refractivity contribution in [3.8, 4) is 17.2 Å². The molecule has 0 saturated heterocycles. The molecule has 0 unspecified atom stereocenters. The molecule has 4 N–H and O–H groups in total. The summed E-state index contributed by atoms with van der Waals surface area (Å²) in [4.78, 5) is 4.61. The first-order chi connectivity index (χ1) is 15.7. The van der Waals surface area contributed by atoms with E-state index < -0.39 is 10.4 Å². The van der Waals surface area contributed by atoms with E-state index in [1.807, 2.05) is 56.3 Å². The summed E-state index contributed by atoms with van der Waals surface area (Å²) in [7, 11) is -4.67. The summed E-state index contributed by atoms with van der Waals surface area (Å²) >= 11 is 0. The van der Waals surface area contributed by atoms with E-state index in [1.54, 1.807) is 0 Å². The van der Waals surface area contributed by atoms with Gasteiger partial charge in [-0.3, -0.25) is 9.11 Å². The van der Waals surface area contributed by atoms with Gasteiger partial charge in [-0.05, 0) is 50.1 Å². The lowest BCUT2D eigenvalue weighted by atomic mass is 10.1. The molecule has 9 nitrogen and oxygen atoms in total. The summed E-state index contributed by atoms with van der Waals surface area (Å²) in [5, 5.41) is 0. The van der Waals surface area contributed by atoms with Gasteiger partial charge in [0.05, 0.1) is 18.4 Å². The van der Waals surface area contributed by atoms with Crippen LogP contribution in [0.3, 0.4) is 0 Å². The van der Waals surface area contributed by atoms with Gasteiger partial charge in [-0.2, -0.15) is 8.42 Å². The van der Waals surface area contributed by atoms with Crippen LogP contribution in [0.4, 0.5) is 0 Å². The van der Waals surface area contributed by atoms with Gasteiger partial charge in [-0.15, -0.1) is 0 Å². The Bertz CT molecular complexity index is 1060. The van der Waals surface area contributed by atoms with Crippen molar-refractivity contribution < 1.29 is 31.4 Å². The fourth-order valence-corrected chi connectivity index (χ4v) is 3.06. The molecule has 0 radical (unpaired) electrons. The fourth-order valence-electron chi connectivity index (χ4n) is 3.06. The van der Waals surface area contributed by atoms with Gasteiger partial charge in [0.25, 0.3) is 0 Å². The van der Waals surface area contributed by atoms with Crippen molar-refractivity contribution in [3.05, 3.63) is 71.6 Å². The maximum absolute atomic E-state index is 8.74. The largest absolute Gasteiger partial charge is 0.493 e. The van der Waals surface area contributed by atoms with Crippen LogP contribution in [-0.2, 0) is 28.0 Å². The van der Waals surface area contributed by atoms with Crippen molar-refractivity contribution in [1.29, 1.82) is 0 Å². The van der Waals surface area contributed by atoms with Crippen molar-refractivity contribution >= 4 is 10.4 Å². The molecule has 0 aliphatic heterocycles. The maximum atomic E-state index is 8.74. The Morgan fingerprint density at radius 1 is 1.09 bits per heavy atom. The van der Waals surface area contributed by atoms with E-state index in [2.05, 4.69) is 17.1 Å². The van der Waals surface area contributed by atoms with Gasteiger partial charge < -0.3 is 19.6 Å². The second-order valence-electron chi connectivity index (χ2n) is 7.10. The first-order valence-electron chi connectivity index (χ1n) is 10.4. The number of nitrogens with zero attached hydrogens (tertiary/aromatic N) is 1. The number of aromatic nitrogens is 1. The molecule has 0 fully saturated rings. The van der Waals surface area contributed by atoms with Gasteiger partial charge in [0, 0.05) is 25.1 Å². The SMILES string of the molecule is CCO[C@H](CN)Cc1ccc(OCCc2nc(-c3ccccc3)oc2C)cc1.O=S(=O)(O)O. The highest BCUT2D eigenvalue weighted by Crippen LogP contribution is 2.22. The van der Waals surface area contributed by atoms with E-state index in [0.29, 0.717) is 32.1 Å². The number of hydrogen-bond acceptors (Lipinski definition) is 7. The molecular formula is C23H30N2O7S. The van der Waals surface area contributed by atoms with Crippen LogP contribution < -0.4 is 10.5 Å². The van der Waals surface area contributed by atoms with E-state index in [9.17, 15) is 0 Å². The van der Waals surface area contributed by atoms with Crippen LogP contribution in [-0.4, -0.2) is 48.4 Å². The third-order valence-corrected chi connectivity index (χ3v) is 4.57. The Hall–Kier alpha value is -2.76. The van der Waals surface area contributed by atoms with E-state index in [-0.39, 0.29) is 6.10 Å². The zero-order valence-electron chi connectivity index (χ0n) is 18.7. The molecule has 0 saturated carbocycles. The molecule has 0 bridgehead atoms. The number of nitrogens with two attached hydrogens (primary N) is 1. The van der Waals surface area contributed by atoms with Crippen molar-refractivity contribution in [2.75, 3.05) is 19.8 Å². The minimum Gasteiger partial charge on any atom is -0.493 e. The standard InChI is InChI=1S/C23H28N2O3.H2O4S/c1-3-26-21(16-24)15-18-9-11-20(12-10-18)27-14-13-22-17(2)28-23(25-22)19-7-5-4-6-8-19;1-5(2,3)4/h4-12,21H,3,13-16,24H2,1-2H3;(H2,1,2,3,4)/t21-;/m0./s1. The minimum atomic E-state index is -4.67. The molecule has 0 spiro atoms. The van der Waals surface area contributed by atoms with Crippen LogP contribution >= 0.6 is 0 Å². The van der Waals surface area contributed by atoms with Gasteiger partial charge in [-0.1, -0.05) is 30.3 Å². The van der Waals surface area contributed by atoms with Crippen LogP contribution in [0, 0.1) is 6.92 Å².